The Kier molecular flexibility index (Phi) is 5.13. The van der Waals surface area contributed by atoms with Crippen LogP contribution in [-0.4, -0.2) is 40.4 Å². The van der Waals surface area contributed by atoms with Crippen LogP contribution in [-0.2, 0) is 4.79 Å². The highest BCUT2D eigenvalue weighted by Gasteiger charge is 2.36. The highest BCUT2D eigenvalue weighted by Crippen LogP contribution is 2.31. The molecule has 2 aromatic rings. The molecular weight excluding hydrogens is 356 g/mol. The second-order valence-corrected chi connectivity index (χ2v) is 7.59. The van der Waals surface area contributed by atoms with Gasteiger partial charge in [-0.2, -0.15) is 0 Å². The first-order valence-corrected chi connectivity index (χ1v) is 9.17. The summed E-state index contributed by atoms with van der Waals surface area (Å²) < 4.78 is 5.05. The molecule has 2 aromatic heterocycles. The molecule has 1 fully saturated rings. The zero-order chi connectivity index (χ0) is 18.8. The minimum atomic E-state index is -0.981. The first kappa shape index (κ1) is 18.2. The number of amides is 2. The Labute approximate surface area is 154 Å². The van der Waals surface area contributed by atoms with E-state index >= 15 is 0 Å². The number of nitrogens with one attached hydrogen (secondary N) is 1. The number of nitrogens with zero attached hydrogens (tertiary/aromatic N) is 1. The van der Waals surface area contributed by atoms with Crippen molar-refractivity contribution in [2.45, 2.75) is 32.7 Å². The van der Waals surface area contributed by atoms with Gasteiger partial charge in [-0.05, 0) is 49.4 Å². The lowest BCUT2D eigenvalue weighted by Crippen LogP contribution is -2.49. The van der Waals surface area contributed by atoms with Gasteiger partial charge in [-0.15, -0.1) is 11.3 Å². The standard InChI is InChI=1S/C18H20N2O5S/c1-10-5-6-20(12(8-10)18(23)24)17(22)15-11(2)9-14(26-15)19-16(21)13-4-3-7-25-13/h3-4,7,9-10,12H,5-6,8H2,1-2H3,(H,19,21)(H,23,24). The van der Waals surface area contributed by atoms with E-state index in [0.29, 0.717) is 28.4 Å². The Morgan fingerprint density at radius 1 is 1.38 bits per heavy atom. The highest BCUT2D eigenvalue weighted by molar-refractivity contribution is 7.18. The van der Waals surface area contributed by atoms with Crippen molar-refractivity contribution < 1.29 is 23.9 Å². The molecule has 26 heavy (non-hydrogen) atoms. The van der Waals surface area contributed by atoms with Gasteiger partial charge in [0.15, 0.2) is 5.76 Å². The van der Waals surface area contributed by atoms with Crippen LogP contribution in [0.4, 0.5) is 5.00 Å². The second kappa shape index (κ2) is 7.33. The van der Waals surface area contributed by atoms with Gasteiger partial charge in [-0.1, -0.05) is 6.92 Å². The van der Waals surface area contributed by atoms with Crippen LogP contribution in [0.2, 0.25) is 0 Å². The first-order chi connectivity index (χ1) is 12.4. The Balaban J connectivity index is 1.78. The molecule has 2 unspecified atom stereocenters. The number of carboxylic acids is 1. The monoisotopic (exact) mass is 376 g/mol. The van der Waals surface area contributed by atoms with Crippen LogP contribution in [0.25, 0.3) is 0 Å². The molecule has 8 heteroatoms. The SMILES string of the molecule is Cc1cc(NC(=O)c2ccco2)sc1C(=O)N1CCC(C)CC1C(=O)O. The summed E-state index contributed by atoms with van der Waals surface area (Å²) in [5, 5.41) is 12.7. The van der Waals surface area contributed by atoms with E-state index in [2.05, 4.69) is 5.32 Å². The highest BCUT2D eigenvalue weighted by atomic mass is 32.1. The third-order valence-corrected chi connectivity index (χ3v) is 5.64. The summed E-state index contributed by atoms with van der Waals surface area (Å²) in [7, 11) is 0. The topological polar surface area (TPSA) is 99.9 Å². The maximum absolute atomic E-state index is 12.9. The van der Waals surface area contributed by atoms with Gasteiger partial charge in [0.2, 0.25) is 0 Å². The molecule has 2 amide bonds. The Bertz CT molecular complexity index is 827. The maximum atomic E-state index is 12.9. The molecule has 138 valence electrons. The molecule has 1 aliphatic rings. The van der Waals surface area contributed by atoms with Gasteiger partial charge >= 0.3 is 5.97 Å². The average Bonchev–Trinajstić information content (AvgIpc) is 3.24. The van der Waals surface area contributed by atoms with Crippen LogP contribution in [0.3, 0.4) is 0 Å². The van der Waals surface area contributed by atoms with Crippen molar-refractivity contribution in [1.82, 2.24) is 4.90 Å². The fourth-order valence-electron chi connectivity index (χ4n) is 3.09. The van der Waals surface area contributed by atoms with E-state index in [4.69, 9.17) is 4.42 Å². The molecule has 0 saturated carbocycles. The lowest BCUT2D eigenvalue weighted by atomic mass is 9.92. The number of piperidine rings is 1. The zero-order valence-electron chi connectivity index (χ0n) is 14.5. The van der Waals surface area contributed by atoms with Crippen molar-refractivity contribution in [3.8, 4) is 0 Å². The fraction of sp³-hybridized carbons (Fsp3) is 0.389. The largest absolute Gasteiger partial charge is 0.480 e. The van der Waals surface area contributed by atoms with Crippen LogP contribution in [0.15, 0.2) is 28.9 Å². The van der Waals surface area contributed by atoms with Crippen LogP contribution < -0.4 is 5.32 Å². The van der Waals surface area contributed by atoms with E-state index in [1.165, 1.54) is 11.2 Å². The van der Waals surface area contributed by atoms with E-state index in [1.807, 2.05) is 6.92 Å². The van der Waals surface area contributed by atoms with Gasteiger partial charge in [-0.3, -0.25) is 9.59 Å². The van der Waals surface area contributed by atoms with Crippen molar-refractivity contribution in [2.24, 2.45) is 5.92 Å². The van der Waals surface area contributed by atoms with Crippen molar-refractivity contribution in [3.63, 3.8) is 0 Å². The van der Waals surface area contributed by atoms with Crippen LogP contribution in [0, 0.1) is 12.8 Å². The number of carbonyl (C=O) groups excluding carboxylic acids is 2. The molecular formula is C18H20N2O5S. The Morgan fingerprint density at radius 3 is 2.81 bits per heavy atom. The third kappa shape index (κ3) is 3.65. The number of aryl methyl sites for hydroxylation is 1. The summed E-state index contributed by atoms with van der Waals surface area (Å²) >= 11 is 1.14. The number of hydrogen-bond donors (Lipinski definition) is 2. The lowest BCUT2D eigenvalue weighted by molar-refractivity contribution is -0.144. The van der Waals surface area contributed by atoms with E-state index < -0.39 is 17.9 Å². The van der Waals surface area contributed by atoms with E-state index in [0.717, 1.165) is 17.8 Å². The van der Waals surface area contributed by atoms with Gasteiger partial charge in [-0.25, -0.2) is 4.79 Å². The molecule has 3 heterocycles. The number of likely N-dealkylation sites (tertiary alicyclic amines) is 1. The van der Waals surface area contributed by atoms with Crippen molar-refractivity contribution in [1.29, 1.82) is 0 Å². The Hall–Kier alpha value is -2.61. The summed E-state index contributed by atoms with van der Waals surface area (Å²) in [5.41, 5.74) is 0.706. The minimum Gasteiger partial charge on any atom is -0.480 e. The molecule has 0 aliphatic carbocycles. The number of aliphatic carboxylic acids is 1. The molecule has 7 nitrogen and oxygen atoms in total. The maximum Gasteiger partial charge on any atom is 0.326 e. The number of rotatable bonds is 4. The average molecular weight is 376 g/mol. The first-order valence-electron chi connectivity index (χ1n) is 8.36. The van der Waals surface area contributed by atoms with Crippen molar-refractivity contribution in [2.75, 3.05) is 11.9 Å². The number of furan rings is 1. The molecule has 3 rings (SSSR count). The van der Waals surface area contributed by atoms with E-state index in [-0.39, 0.29) is 17.6 Å². The summed E-state index contributed by atoms with van der Waals surface area (Å²) in [6.07, 6.45) is 2.64. The normalized spacial score (nSPS) is 20.0. The second-order valence-electron chi connectivity index (χ2n) is 6.54. The summed E-state index contributed by atoms with van der Waals surface area (Å²) in [6, 6.07) is 4.07. The quantitative estimate of drug-likeness (QED) is 0.853. The van der Waals surface area contributed by atoms with E-state index in [1.54, 1.807) is 25.1 Å². The summed E-state index contributed by atoms with van der Waals surface area (Å²) in [5.74, 6) is -1.23. The molecule has 0 radical (unpaired) electrons. The molecule has 0 spiro atoms. The minimum absolute atomic E-state index is 0.180. The number of thiophene rings is 1. The predicted molar refractivity (Wildman–Crippen MR) is 96.6 cm³/mol. The lowest BCUT2D eigenvalue weighted by Gasteiger charge is -2.35. The summed E-state index contributed by atoms with van der Waals surface area (Å²) in [6.45, 7) is 4.19. The molecule has 2 atom stereocenters. The van der Waals surface area contributed by atoms with Gasteiger partial charge < -0.3 is 19.7 Å². The Morgan fingerprint density at radius 2 is 2.15 bits per heavy atom. The number of hydrogen-bond acceptors (Lipinski definition) is 5. The van der Waals surface area contributed by atoms with Crippen LogP contribution >= 0.6 is 11.3 Å². The molecule has 1 aliphatic heterocycles. The molecule has 0 aromatic carbocycles. The van der Waals surface area contributed by atoms with Crippen LogP contribution in [0.5, 0.6) is 0 Å². The third-order valence-electron chi connectivity index (χ3n) is 4.50. The number of carbonyl (C=O) groups is 3. The fourth-order valence-corrected chi connectivity index (χ4v) is 4.11. The molecule has 1 saturated heterocycles. The summed E-state index contributed by atoms with van der Waals surface area (Å²) in [4.78, 5) is 38.4. The number of anilines is 1. The number of carboxylic acid groups (broad SMARTS) is 1. The molecule has 2 N–H and O–H groups in total. The van der Waals surface area contributed by atoms with Gasteiger partial charge in [0.05, 0.1) is 16.1 Å². The smallest absolute Gasteiger partial charge is 0.326 e. The van der Waals surface area contributed by atoms with Crippen molar-refractivity contribution in [3.05, 3.63) is 40.7 Å². The van der Waals surface area contributed by atoms with Crippen molar-refractivity contribution >= 4 is 34.1 Å². The van der Waals surface area contributed by atoms with Crippen LogP contribution in [0.1, 0.15) is 45.6 Å². The zero-order valence-corrected chi connectivity index (χ0v) is 15.3. The predicted octanol–water partition coefficient (Wildman–Crippen LogP) is 3.23. The molecule has 0 bridgehead atoms. The van der Waals surface area contributed by atoms with Gasteiger partial charge in [0, 0.05) is 6.54 Å². The van der Waals surface area contributed by atoms with E-state index in [9.17, 15) is 19.5 Å². The van der Waals surface area contributed by atoms with Gasteiger partial charge in [0.25, 0.3) is 11.8 Å². The van der Waals surface area contributed by atoms with Gasteiger partial charge in [0.1, 0.15) is 6.04 Å².